The van der Waals surface area contributed by atoms with E-state index in [2.05, 4.69) is 54.0 Å². The third-order valence-electron chi connectivity index (χ3n) is 3.07. The van der Waals surface area contributed by atoms with Gasteiger partial charge in [0.15, 0.2) is 0 Å². The quantitative estimate of drug-likeness (QED) is 0.683. The van der Waals surface area contributed by atoms with Gasteiger partial charge in [-0.3, -0.25) is 0 Å². The topological polar surface area (TPSA) is 12.0 Å². The summed E-state index contributed by atoms with van der Waals surface area (Å²) in [6, 6.07) is 13.1. The smallest absolute Gasteiger partial charge is 0.0494 e. The number of benzene rings is 1. The van der Waals surface area contributed by atoms with Crippen LogP contribution in [0.1, 0.15) is 36.6 Å². The first-order chi connectivity index (χ1) is 8.88. The molecule has 0 saturated heterocycles. The summed E-state index contributed by atoms with van der Waals surface area (Å²) in [5, 5.41) is 5.57. The first-order valence-corrected chi connectivity index (χ1v) is 7.61. The van der Waals surface area contributed by atoms with Gasteiger partial charge in [0.1, 0.15) is 0 Å². The largest absolute Gasteiger partial charge is 0.380 e. The van der Waals surface area contributed by atoms with Crippen LogP contribution in [0.5, 0.6) is 0 Å². The van der Waals surface area contributed by atoms with Gasteiger partial charge < -0.3 is 5.32 Å². The predicted octanol–water partition coefficient (Wildman–Crippen LogP) is 5.09. The lowest BCUT2D eigenvalue weighted by molar-refractivity contribution is 0.717. The Kier molecular flexibility index (Phi) is 5.28. The van der Waals surface area contributed by atoms with Gasteiger partial charge in [0.2, 0.25) is 0 Å². The number of unbranched alkanes of at least 4 members (excludes halogenated alkanes) is 2. The molecule has 96 valence electrons. The van der Waals surface area contributed by atoms with E-state index in [-0.39, 0.29) is 0 Å². The van der Waals surface area contributed by atoms with Gasteiger partial charge in [0.25, 0.3) is 0 Å². The lowest BCUT2D eigenvalue weighted by Crippen LogP contribution is -1.97. The molecule has 18 heavy (non-hydrogen) atoms. The van der Waals surface area contributed by atoms with Crippen LogP contribution in [0.15, 0.2) is 41.8 Å². The lowest BCUT2D eigenvalue weighted by Gasteiger charge is -2.06. The molecule has 1 aromatic carbocycles. The molecule has 2 aromatic rings. The van der Waals surface area contributed by atoms with E-state index in [0.29, 0.717) is 0 Å². The molecule has 0 aliphatic rings. The fraction of sp³-hybridized carbons (Fsp3) is 0.375. The molecule has 1 N–H and O–H groups in total. The summed E-state index contributed by atoms with van der Waals surface area (Å²) >= 11 is 1.80. The van der Waals surface area contributed by atoms with Gasteiger partial charge in [0.05, 0.1) is 0 Å². The SMILES string of the molecule is CCCCCc1ccc(NCc2cccs2)cc1. The molecule has 0 fully saturated rings. The zero-order valence-corrected chi connectivity index (χ0v) is 11.8. The highest BCUT2D eigenvalue weighted by molar-refractivity contribution is 7.09. The Bertz CT molecular complexity index is 431. The van der Waals surface area contributed by atoms with Crippen LogP contribution in [0.2, 0.25) is 0 Å². The van der Waals surface area contributed by atoms with E-state index in [1.807, 2.05) is 0 Å². The van der Waals surface area contributed by atoms with Crippen molar-refractivity contribution in [3.05, 3.63) is 52.2 Å². The standard InChI is InChI=1S/C16H21NS/c1-2-3-4-6-14-8-10-15(11-9-14)17-13-16-7-5-12-18-16/h5,7-12,17H,2-4,6,13H2,1H3. The highest BCUT2D eigenvalue weighted by Gasteiger charge is 1.96. The molecule has 1 nitrogen and oxygen atoms in total. The van der Waals surface area contributed by atoms with Crippen LogP contribution < -0.4 is 5.32 Å². The summed E-state index contributed by atoms with van der Waals surface area (Å²) in [6.07, 6.45) is 5.14. The fourth-order valence-corrected chi connectivity index (χ4v) is 2.62. The van der Waals surface area contributed by atoms with E-state index < -0.39 is 0 Å². The first kappa shape index (κ1) is 13.2. The maximum atomic E-state index is 3.45. The van der Waals surface area contributed by atoms with Crippen molar-refractivity contribution in [2.75, 3.05) is 5.32 Å². The molecule has 0 atom stereocenters. The van der Waals surface area contributed by atoms with E-state index in [1.165, 1.54) is 41.8 Å². The molecule has 0 aliphatic heterocycles. The van der Waals surface area contributed by atoms with Crippen molar-refractivity contribution < 1.29 is 0 Å². The van der Waals surface area contributed by atoms with Crippen LogP contribution in [-0.4, -0.2) is 0 Å². The van der Waals surface area contributed by atoms with Gasteiger partial charge in [-0.25, -0.2) is 0 Å². The third kappa shape index (κ3) is 4.19. The molecule has 2 rings (SSSR count). The van der Waals surface area contributed by atoms with Crippen molar-refractivity contribution in [2.24, 2.45) is 0 Å². The number of hydrogen-bond donors (Lipinski definition) is 1. The van der Waals surface area contributed by atoms with Gasteiger partial charge in [0, 0.05) is 17.1 Å². The van der Waals surface area contributed by atoms with Crippen molar-refractivity contribution in [1.82, 2.24) is 0 Å². The van der Waals surface area contributed by atoms with Gasteiger partial charge >= 0.3 is 0 Å². The lowest BCUT2D eigenvalue weighted by atomic mass is 10.1. The molecular formula is C16H21NS. The second-order valence-corrected chi connectivity index (χ2v) is 5.62. The van der Waals surface area contributed by atoms with Gasteiger partial charge in [-0.05, 0) is 42.0 Å². The highest BCUT2D eigenvalue weighted by Crippen LogP contribution is 2.15. The Balaban J connectivity index is 1.80. The van der Waals surface area contributed by atoms with Crippen molar-refractivity contribution in [3.63, 3.8) is 0 Å². The average molecular weight is 259 g/mol. The monoisotopic (exact) mass is 259 g/mol. The molecular weight excluding hydrogens is 238 g/mol. The van der Waals surface area contributed by atoms with Crippen LogP contribution in [0.3, 0.4) is 0 Å². The van der Waals surface area contributed by atoms with Crippen LogP contribution in [-0.2, 0) is 13.0 Å². The average Bonchev–Trinajstić information content (AvgIpc) is 2.91. The second-order valence-electron chi connectivity index (χ2n) is 4.59. The van der Waals surface area contributed by atoms with Crippen LogP contribution in [0.4, 0.5) is 5.69 Å². The minimum Gasteiger partial charge on any atom is -0.380 e. The van der Waals surface area contributed by atoms with Crippen LogP contribution in [0.25, 0.3) is 0 Å². The minimum absolute atomic E-state index is 0.923. The number of thiophene rings is 1. The number of aryl methyl sites for hydroxylation is 1. The van der Waals surface area contributed by atoms with E-state index in [9.17, 15) is 0 Å². The van der Waals surface area contributed by atoms with E-state index in [1.54, 1.807) is 11.3 Å². The summed E-state index contributed by atoms with van der Waals surface area (Å²) in [7, 11) is 0. The molecule has 0 saturated carbocycles. The van der Waals surface area contributed by atoms with Crippen LogP contribution in [0, 0.1) is 0 Å². The molecule has 1 heterocycles. The van der Waals surface area contributed by atoms with Crippen molar-refractivity contribution in [3.8, 4) is 0 Å². The Hall–Kier alpha value is -1.28. The Morgan fingerprint density at radius 1 is 1.06 bits per heavy atom. The molecule has 0 amide bonds. The van der Waals surface area contributed by atoms with E-state index >= 15 is 0 Å². The molecule has 0 radical (unpaired) electrons. The Morgan fingerprint density at radius 2 is 1.89 bits per heavy atom. The normalized spacial score (nSPS) is 10.5. The molecule has 0 aliphatic carbocycles. The fourth-order valence-electron chi connectivity index (χ4n) is 1.97. The summed E-state index contributed by atoms with van der Waals surface area (Å²) < 4.78 is 0. The first-order valence-electron chi connectivity index (χ1n) is 6.73. The van der Waals surface area contributed by atoms with Gasteiger partial charge in [-0.1, -0.05) is 38.0 Å². The minimum atomic E-state index is 0.923. The second kappa shape index (κ2) is 7.22. The number of hydrogen-bond acceptors (Lipinski definition) is 2. The van der Waals surface area contributed by atoms with Gasteiger partial charge in [-0.15, -0.1) is 11.3 Å². The van der Waals surface area contributed by atoms with Crippen molar-refractivity contribution in [1.29, 1.82) is 0 Å². The number of nitrogens with one attached hydrogen (secondary N) is 1. The molecule has 1 aromatic heterocycles. The zero-order valence-electron chi connectivity index (χ0n) is 11.0. The van der Waals surface area contributed by atoms with Crippen LogP contribution >= 0.6 is 11.3 Å². The van der Waals surface area contributed by atoms with Crippen molar-refractivity contribution in [2.45, 2.75) is 39.2 Å². The maximum absolute atomic E-state index is 3.45. The highest BCUT2D eigenvalue weighted by atomic mass is 32.1. The molecule has 0 unspecified atom stereocenters. The summed E-state index contributed by atoms with van der Waals surface area (Å²) in [5.74, 6) is 0. The van der Waals surface area contributed by atoms with E-state index in [0.717, 1.165) is 6.54 Å². The predicted molar refractivity (Wildman–Crippen MR) is 81.3 cm³/mol. The maximum Gasteiger partial charge on any atom is 0.0494 e. The third-order valence-corrected chi connectivity index (χ3v) is 3.95. The summed E-state index contributed by atoms with van der Waals surface area (Å²) in [4.78, 5) is 1.38. The molecule has 0 bridgehead atoms. The molecule has 2 heteroatoms. The molecule has 0 spiro atoms. The van der Waals surface area contributed by atoms with E-state index in [4.69, 9.17) is 0 Å². The number of rotatable bonds is 7. The zero-order chi connectivity index (χ0) is 12.6. The van der Waals surface area contributed by atoms with Crippen molar-refractivity contribution >= 4 is 17.0 Å². The van der Waals surface area contributed by atoms with Gasteiger partial charge in [-0.2, -0.15) is 0 Å². The number of anilines is 1. The summed E-state index contributed by atoms with van der Waals surface area (Å²) in [5.41, 5.74) is 2.66. The Labute approximate surface area is 114 Å². The Morgan fingerprint density at radius 3 is 2.56 bits per heavy atom. The summed E-state index contributed by atoms with van der Waals surface area (Å²) in [6.45, 7) is 3.17.